The van der Waals surface area contributed by atoms with Crippen molar-refractivity contribution in [2.24, 2.45) is 5.92 Å². The van der Waals surface area contributed by atoms with Crippen LogP contribution in [0.1, 0.15) is 36.8 Å². The van der Waals surface area contributed by atoms with Crippen LogP contribution in [-0.4, -0.2) is 85.0 Å². The molecule has 0 aliphatic carbocycles. The Labute approximate surface area is 267 Å². The van der Waals surface area contributed by atoms with Crippen LogP contribution in [-0.2, 0) is 16.0 Å². The Kier molecular flexibility index (Phi) is 10.7. The molecule has 4 aliphatic heterocycles. The van der Waals surface area contributed by atoms with Crippen LogP contribution in [0, 0.1) is 17.6 Å². The molecule has 4 N–H and O–H groups in total. The highest BCUT2D eigenvalue weighted by atomic mass is 35.5. The second kappa shape index (κ2) is 14.5. The Morgan fingerprint density at radius 1 is 1.00 bits per heavy atom. The number of nitrogens with one attached hydrogen (secondary N) is 2. The number of benzene rings is 2. The van der Waals surface area contributed by atoms with Crippen molar-refractivity contribution in [1.82, 2.24) is 9.62 Å². The fourth-order valence-corrected chi connectivity index (χ4v) is 6.38. The van der Waals surface area contributed by atoms with Gasteiger partial charge in [-0.2, -0.15) is 0 Å². The monoisotopic (exact) mass is 644 g/mol. The lowest BCUT2D eigenvalue weighted by Crippen LogP contribution is -2.44. The van der Waals surface area contributed by atoms with E-state index >= 15 is 0 Å². The maximum atomic E-state index is 14.7. The number of nitrogens with zero attached hydrogens (tertiary/aromatic N) is 2. The normalized spacial score (nSPS) is 20.9. The Bertz CT molecular complexity index is 1480. The third-order valence-corrected chi connectivity index (χ3v) is 8.72. The number of carbonyl (C=O) groups is 2. The maximum Gasteiger partial charge on any atom is 0.376 e. The average Bonchev–Trinajstić information content (AvgIpc) is 3.02. The minimum absolute atomic E-state index is 0.0104. The zero-order chi connectivity index (χ0) is 32.2. The van der Waals surface area contributed by atoms with Gasteiger partial charge < -0.3 is 39.8 Å². The summed E-state index contributed by atoms with van der Waals surface area (Å²) in [6, 6.07) is 4.94. The summed E-state index contributed by atoms with van der Waals surface area (Å²) in [7, 11) is -1.01. The lowest BCUT2D eigenvalue weighted by molar-refractivity contribution is -0.119. The third kappa shape index (κ3) is 7.98. The number of fused-ring (bicyclic) bond motifs is 2. The molecule has 0 spiro atoms. The molecule has 6 rings (SSSR count). The van der Waals surface area contributed by atoms with Crippen molar-refractivity contribution >= 4 is 55.0 Å². The van der Waals surface area contributed by atoms with Gasteiger partial charge in [-0.1, -0.05) is 29.3 Å². The molecule has 0 bridgehead atoms. The molecule has 15 heteroatoms. The molecule has 1 atom stereocenters. The first-order chi connectivity index (χ1) is 21.5. The fourth-order valence-electron chi connectivity index (χ4n) is 6.11. The molecule has 2 saturated heterocycles. The van der Waals surface area contributed by atoms with Gasteiger partial charge in [0.25, 0.3) is 11.8 Å². The van der Waals surface area contributed by atoms with Crippen LogP contribution in [0.15, 0.2) is 23.8 Å². The van der Waals surface area contributed by atoms with Gasteiger partial charge >= 0.3 is 14.1 Å². The summed E-state index contributed by atoms with van der Waals surface area (Å²) >= 11 is 6.14. The summed E-state index contributed by atoms with van der Waals surface area (Å²) in [5, 5.41) is 24.7. The Balaban J connectivity index is 0.000000178. The van der Waals surface area contributed by atoms with Crippen molar-refractivity contribution in [2.75, 3.05) is 50.0 Å². The van der Waals surface area contributed by atoms with Crippen LogP contribution in [0.3, 0.4) is 0 Å². The Hall–Kier alpha value is -3.16. The number of hydrogen-bond donors (Lipinski definition) is 4. The number of rotatable bonds is 5. The van der Waals surface area contributed by atoms with Crippen molar-refractivity contribution in [2.45, 2.75) is 45.8 Å². The number of halogens is 3. The molecule has 1 unspecified atom stereocenters. The van der Waals surface area contributed by atoms with Gasteiger partial charge in [0.2, 0.25) is 0 Å². The topological polar surface area (TPSA) is 124 Å². The highest BCUT2D eigenvalue weighted by molar-refractivity contribution is 6.45. The number of ether oxygens (including phenoxy) is 2. The average molecular weight is 645 g/mol. The Morgan fingerprint density at radius 3 is 2.42 bits per heavy atom. The van der Waals surface area contributed by atoms with Gasteiger partial charge in [0.1, 0.15) is 17.1 Å². The lowest BCUT2D eigenvalue weighted by Gasteiger charge is -2.33. The van der Waals surface area contributed by atoms with E-state index in [0.29, 0.717) is 35.8 Å². The van der Waals surface area contributed by atoms with Crippen LogP contribution in [0.4, 0.5) is 20.2 Å². The molecular weight excluding hydrogens is 607 g/mol. The summed E-state index contributed by atoms with van der Waals surface area (Å²) in [6.07, 6.45) is 6.08. The number of piperidine rings is 2. The van der Waals surface area contributed by atoms with Crippen molar-refractivity contribution < 1.29 is 37.9 Å². The minimum Gasteiger partial charge on any atom is -0.481 e. The molecule has 2 aromatic rings. The van der Waals surface area contributed by atoms with E-state index < -0.39 is 31.6 Å². The van der Waals surface area contributed by atoms with E-state index in [2.05, 4.69) is 10.6 Å². The van der Waals surface area contributed by atoms with Crippen molar-refractivity contribution in [1.29, 1.82) is 0 Å². The van der Waals surface area contributed by atoms with E-state index in [1.165, 1.54) is 6.07 Å². The van der Waals surface area contributed by atoms with E-state index in [4.69, 9.17) is 21.1 Å². The second-order valence-corrected chi connectivity index (χ2v) is 12.3. The van der Waals surface area contributed by atoms with Gasteiger partial charge in [0, 0.05) is 12.1 Å². The molecule has 0 aromatic heterocycles. The van der Waals surface area contributed by atoms with Gasteiger partial charge in [-0.3, -0.25) is 9.59 Å². The van der Waals surface area contributed by atoms with Gasteiger partial charge in [-0.25, -0.2) is 8.78 Å². The smallest absolute Gasteiger partial charge is 0.376 e. The molecule has 2 aromatic carbocycles. The molecule has 0 saturated carbocycles. The van der Waals surface area contributed by atoms with E-state index in [-0.39, 0.29) is 41.3 Å². The maximum absolute atomic E-state index is 14.7. The SMILES string of the molecule is CB(O)N1CCCC(=Cc2cc(Cl)c3c(c2F)NC(=O)CO3)C1.CB(O)N1CCCC(Cc2ccc3c(c2F)NC(=O)CO3)C1. The fraction of sp³-hybridized carbons (Fsp3) is 0.467. The summed E-state index contributed by atoms with van der Waals surface area (Å²) < 4.78 is 39.6. The predicted octanol–water partition coefficient (Wildman–Crippen LogP) is 3.92. The Morgan fingerprint density at radius 2 is 1.69 bits per heavy atom. The summed E-state index contributed by atoms with van der Waals surface area (Å²) in [6.45, 7) is 6.26. The molecule has 4 heterocycles. The number of anilines is 2. The van der Waals surface area contributed by atoms with Gasteiger partial charge in [0.05, 0.1) is 5.02 Å². The van der Waals surface area contributed by atoms with E-state index in [9.17, 15) is 28.4 Å². The minimum atomic E-state index is -0.556. The summed E-state index contributed by atoms with van der Waals surface area (Å²) in [5.74, 6) is -0.845. The summed E-state index contributed by atoms with van der Waals surface area (Å²) in [5.41, 5.74) is 2.04. The number of hydrogen-bond acceptors (Lipinski definition) is 8. The van der Waals surface area contributed by atoms with E-state index in [1.807, 2.05) is 9.62 Å². The lowest BCUT2D eigenvalue weighted by atomic mass is 9.79. The van der Waals surface area contributed by atoms with Crippen molar-refractivity contribution in [3.8, 4) is 11.5 Å². The molecule has 45 heavy (non-hydrogen) atoms. The molecule has 2 fully saturated rings. The van der Waals surface area contributed by atoms with Gasteiger partial charge in [-0.15, -0.1) is 0 Å². The van der Waals surface area contributed by atoms with Crippen LogP contribution >= 0.6 is 11.6 Å². The summed E-state index contributed by atoms with van der Waals surface area (Å²) in [4.78, 5) is 26.7. The molecule has 240 valence electrons. The van der Waals surface area contributed by atoms with Crippen LogP contribution < -0.4 is 20.1 Å². The molecule has 2 amide bonds. The highest BCUT2D eigenvalue weighted by Gasteiger charge is 2.28. The van der Waals surface area contributed by atoms with Crippen LogP contribution in [0.5, 0.6) is 11.5 Å². The first-order valence-corrected chi connectivity index (χ1v) is 15.6. The van der Waals surface area contributed by atoms with Gasteiger partial charge in [0.15, 0.2) is 30.6 Å². The highest BCUT2D eigenvalue weighted by Crippen LogP contribution is 2.40. The predicted molar refractivity (Wildman–Crippen MR) is 171 cm³/mol. The quantitative estimate of drug-likeness (QED) is 0.362. The van der Waals surface area contributed by atoms with Crippen LogP contribution in [0.2, 0.25) is 18.7 Å². The second-order valence-electron chi connectivity index (χ2n) is 11.9. The van der Waals surface area contributed by atoms with Crippen molar-refractivity contribution in [3.63, 3.8) is 0 Å². The zero-order valence-electron chi connectivity index (χ0n) is 25.4. The molecular formula is C30H37B2ClF2N4O6. The molecule has 4 aliphatic rings. The largest absolute Gasteiger partial charge is 0.481 e. The van der Waals surface area contributed by atoms with Gasteiger partial charge in [-0.05, 0) is 89.0 Å². The number of carbonyl (C=O) groups excluding carboxylic acids is 2. The molecule has 10 nitrogen and oxygen atoms in total. The zero-order valence-corrected chi connectivity index (χ0v) is 26.1. The first-order valence-electron chi connectivity index (χ1n) is 15.2. The van der Waals surface area contributed by atoms with E-state index in [0.717, 1.165) is 50.9 Å². The number of amides is 2. The molecule has 0 radical (unpaired) electrons. The van der Waals surface area contributed by atoms with Crippen molar-refractivity contribution in [3.05, 3.63) is 51.6 Å². The standard InChI is InChI=1S/C15H17BClFN2O3.C15H20BFN2O3/c1-16(22)20-4-2-3-9(7-20)5-10-6-11(17)15-14(13(10)18)19-12(21)8-23-15;1-16(21)19-6-2-3-10(8-19)7-11-4-5-12-15(14(11)17)18-13(20)9-22-12/h5-6,22H,2-4,7-8H2,1H3,(H,19,21);4-5,10,21H,2-3,6-9H2,1H3,(H,18,20). The third-order valence-electron chi connectivity index (χ3n) is 8.44. The van der Waals surface area contributed by atoms with Crippen LogP contribution in [0.25, 0.3) is 6.08 Å². The first kappa shape index (κ1) is 33.2. The van der Waals surface area contributed by atoms with E-state index in [1.54, 1.807) is 31.9 Å².